The first-order valence-electron chi connectivity index (χ1n) is 6.14. The van der Waals surface area contributed by atoms with Crippen molar-refractivity contribution in [2.24, 2.45) is 7.05 Å². The molecular formula is C13H18N4O2S. The van der Waals surface area contributed by atoms with Crippen molar-refractivity contribution in [3.05, 3.63) is 35.7 Å². The number of benzene rings is 1. The molecule has 2 aromatic rings. The Bertz CT molecular complexity index is 712. The predicted molar refractivity (Wildman–Crippen MR) is 79.5 cm³/mol. The fourth-order valence-corrected chi connectivity index (χ4v) is 3.68. The number of nitrogens with zero attached hydrogens (tertiary/aromatic N) is 2. The summed E-state index contributed by atoms with van der Waals surface area (Å²) in [4.78, 5) is 0.306. The first kappa shape index (κ1) is 14.4. The van der Waals surface area contributed by atoms with Gasteiger partial charge in [-0.15, -0.1) is 0 Å². The average molecular weight is 294 g/mol. The summed E-state index contributed by atoms with van der Waals surface area (Å²) in [6, 6.07) is 3.62. The number of nitrogens with one attached hydrogen (secondary N) is 2. The monoisotopic (exact) mass is 294 g/mol. The van der Waals surface area contributed by atoms with Gasteiger partial charge in [0.25, 0.3) is 10.0 Å². The van der Waals surface area contributed by atoms with Crippen molar-refractivity contribution >= 4 is 21.4 Å². The molecule has 1 heterocycles. The van der Waals surface area contributed by atoms with E-state index in [-0.39, 0.29) is 0 Å². The second-order valence-electron chi connectivity index (χ2n) is 4.70. The molecule has 0 fully saturated rings. The molecule has 0 saturated heterocycles. The summed E-state index contributed by atoms with van der Waals surface area (Å²) in [7, 11) is -0.0834. The second-order valence-corrected chi connectivity index (χ2v) is 6.32. The molecule has 2 rings (SSSR count). The van der Waals surface area contributed by atoms with Crippen LogP contribution in [0.4, 0.5) is 11.4 Å². The van der Waals surface area contributed by atoms with Crippen LogP contribution in [0.25, 0.3) is 0 Å². The van der Waals surface area contributed by atoms with Crippen molar-refractivity contribution in [2.45, 2.75) is 18.7 Å². The van der Waals surface area contributed by atoms with Crippen molar-refractivity contribution in [2.75, 3.05) is 17.1 Å². The number of aryl methyl sites for hydroxylation is 3. The van der Waals surface area contributed by atoms with Gasteiger partial charge in [-0.1, -0.05) is 0 Å². The smallest absolute Gasteiger partial charge is 0.262 e. The van der Waals surface area contributed by atoms with E-state index in [0.29, 0.717) is 21.7 Å². The van der Waals surface area contributed by atoms with E-state index in [2.05, 4.69) is 15.1 Å². The number of hydrogen-bond donors (Lipinski definition) is 2. The lowest BCUT2D eigenvalue weighted by molar-refractivity contribution is 0.600. The lowest BCUT2D eigenvalue weighted by Crippen LogP contribution is -2.15. The van der Waals surface area contributed by atoms with Gasteiger partial charge in [0, 0.05) is 26.0 Å². The zero-order valence-corrected chi connectivity index (χ0v) is 12.7. The largest absolute Gasteiger partial charge is 0.388 e. The van der Waals surface area contributed by atoms with Crippen LogP contribution in [-0.2, 0) is 17.1 Å². The molecule has 0 aliphatic carbocycles. The maximum Gasteiger partial charge on any atom is 0.262 e. The van der Waals surface area contributed by atoms with Crippen molar-refractivity contribution < 1.29 is 8.42 Å². The average Bonchev–Trinajstić information content (AvgIpc) is 2.72. The van der Waals surface area contributed by atoms with Gasteiger partial charge < -0.3 is 5.32 Å². The molecule has 0 spiro atoms. The van der Waals surface area contributed by atoms with Crippen LogP contribution in [0.5, 0.6) is 0 Å². The number of aromatic nitrogens is 2. The maximum atomic E-state index is 12.5. The van der Waals surface area contributed by atoms with E-state index in [4.69, 9.17) is 0 Å². The van der Waals surface area contributed by atoms with Crippen LogP contribution >= 0.6 is 0 Å². The molecule has 0 bridgehead atoms. The van der Waals surface area contributed by atoms with Crippen molar-refractivity contribution in [3.63, 3.8) is 0 Å². The fourth-order valence-electron chi connectivity index (χ4n) is 2.20. The minimum atomic E-state index is -3.62. The SMILES string of the molecule is CNc1cc(C)c(S(=O)(=O)Nc2cnn(C)c2)c(C)c1. The Kier molecular flexibility index (Phi) is 3.71. The normalized spacial score (nSPS) is 11.4. The molecule has 0 unspecified atom stereocenters. The Balaban J connectivity index is 2.44. The van der Waals surface area contributed by atoms with Gasteiger partial charge in [0.2, 0.25) is 0 Å². The van der Waals surface area contributed by atoms with Crippen LogP contribution in [0, 0.1) is 13.8 Å². The van der Waals surface area contributed by atoms with E-state index >= 15 is 0 Å². The van der Waals surface area contributed by atoms with E-state index < -0.39 is 10.0 Å². The molecule has 1 aromatic heterocycles. The highest BCUT2D eigenvalue weighted by atomic mass is 32.2. The van der Waals surface area contributed by atoms with E-state index in [9.17, 15) is 8.42 Å². The zero-order valence-electron chi connectivity index (χ0n) is 11.9. The van der Waals surface area contributed by atoms with Crippen LogP contribution in [0.1, 0.15) is 11.1 Å². The number of sulfonamides is 1. The molecule has 0 aliphatic heterocycles. The summed E-state index contributed by atoms with van der Waals surface area (Å²) in [5.41, 5.74) is 2.74. The van der Waals surface area contributed by atoms with Gasteiger partial charge in [0.1, 0.15) is 0 Å². The number of anilines is 2. The van der Waals surface area contributed by atoms with Gasteiger partial charge in [-0.25, -0.2) is 8.42 Å². The summed E-state index contributed by atoms with van der Waals surface area (Å²) in [6.45, 7) is 3.57. The van der Waals surface area contributed by atoms with Crippen LogP contribution < -0.4 is 10.0 Å². The molecule has 1 aromatic carbocycles. The summed E-state index contributed by atoms with van der Waals surface area (Å²) in [5, 5.41) is 6.96. The van der Waals surface area contributed by atoms with E-state index in [0.717, 1.165) is 5.69 Å². The quantitative estimate of drug-likeness (QED) is 0.902. The fraction of sp³-hybridized carbons (Fsp3) is 0.308. The van der Waals surface area contributed by atoms with Crippen molar-refractivity contribution in [1.29, 1.82) is 0 Å². The van der Waals surface area contributed by atoms with Crippen LogP contribution in [0.3, 0.4) is 0 Å². The summed E-state index contributed by atoms with van der Waals surface area (Å²) >= 11 is 0. The molecule has 0 atom stereocenters. The predicted octanol–water partition coefficient (Wildman–Crippen LogP) is 1.88. The molecule has 0 saturated carbocycles. The highest BCUT2D eigenvalue weighted by molar-refractivity contribution is 7.92. The van der Waals surface area contributed by atoms with Gasteiger partial charge in [0.15, 0.2) is 0 Å². The molecular weight excluding hydrogens is 276 g/mol. The number of hydrogen-bond acceptors (Lipinski definition) is 4. The molecule has 0 aliphatic rings. The molecule has 0 radical (unpaired) electrons. The standard InChI is InChI=1S/C13H18N4O2S/c1-9-5-11(14-3)6-10(2)13(9)20(18,19)16-12-7-15-17(4)8-12/h5-8,14,16H,1-4H3. The minimum absolute atomic E-state index is 0.306. The molecule has 0 amide bonds. The molecule has 2 N–H and O–H groups in total. The molecule has 20 heavy (non-hydrogen) atoms. The van der Waals surface area contributed by atoms with Gasteiger partial charge >= 0.3 is 0 Å². The van der Waals surface area contributed by atoms with E-state index in [1.165, 1.54) is 6.20 Å². The van der Waals surface area contributed by atoms with Crippen LogP contribution in [-0.4, -0.2) is 25.2 Å². The van der Waals surface area contributed by atoms with Gasteiger partial charge in [-0.05, 0) is 37.1 Å². The Morgan fingerprint density at radius 3 is 2.20 bits per heavy atom. The Labute approximate surface area is 118 Å². The third-order valence-corrected chi connectivity index (χ3v) is 4.66. The van der Waals surface area contributed by atoms with Crippen LogP contribution in [0.15, 0.2) is 29.4 Å². The Hall–Kier alpha value is -2.02. The highest BCUT2D eigenvalue weighted by Crippen LogP contribution is 2.26. The first-order chi connectivity index (χ1) is 9.33. The van der Waals surface area contributed by atoms with E-state index in [1.807, 2.05) is 12.1 Å². The lowest BCUT2D eigenvalue weighted by atomic mass is 10.1. The topological polar surface area (TPSA) is 76.0 Å². The second kappa shape index (κ2) is 5.16. The lowest BCUT2D eigenvalue weighted by Gasteiger charge is -2.13. The van der Waals surface area contributed by atoms with Gasteiger partial charge in [-0.3, -0.25) is 9.40 Å². The third kappa shape index (κ3) is 2.77. The Morgan fingerprint density at radius 1 is 1.15 bits per heavy atom. The van der Waals surface area contributed by atoms with Crippen molar-refractivity contribution in [1.82, 2.24) is 9.78 Å². The van der Waals surface area contributed by atoms with Crippen LogP contribution in [0.2, 0.25) is 0 Å². The molecule has 7 heteroatoms. The summed E-state index contributed by atoms with van der Waals surface area (Å²) in [5.74, 6) is 0. The zero-order chi connectivity index (χ0) is 14.9. The third-order valence-electron chi connectivity index (χ3n) is 2.97. The Morgan fingerprint density at radius 2 is 1.75 bits per heavy atom. The van der Waals surface area contributed by atoms with Crippen molar-refractivity contribution in [3.8, 4) is 0 Å². The molecule has 108 valence electrons. The summed E-state index contributed by atoms with van der Waals surface area (Å²) < 4.78 is 29.1. The van der Waals surface area contributed by atoms with Gasteiger partial charge in [-0.2, -0.15) is 5.10 Å². The van der Waals surface area contributed by atoms with E-state index in [1.54, 1.807) is 38.8 Å². The molecule has 6 nitrogen and oxygen atoms in total. The minimum Gasteiger partial charge on any atom is -0.388 e. The first-order valence-corrected chi connectivity index (χ1v) is 7.62. The van der Waals surface area contributed by atoms with Gasteiger partial charge in [0.05, 0.1) is 16.8 Å². The number of rotatable bonds is 4. The maximum absolute atomic E-state index is 12.5. The highest BCUT2D eigenvalue weighted by Gasteiger charge is 2.20. The summed E-state index contributed by atoms with van der Waals surface area (Å²) in [6.07, 6.45) is 3.09.